The summed E-state index contributed by atoms with van der Waals surface area (Å²) in [7, 11) is -4.48. The van der Waals surface area contributed by atoms with Crippen molar-refractivity contribution >= 4 is 10.0 Å². The van der Waals surface area contributed by atoms with Gasteiger partial charge in [0.1, 0.15) is 16.5 Å². The van der Waals surface area contributed by atoms with Gasteiger partial charge in [-0.3, -0.25) is 4.98 Å². The molecule has 1 aromatic heterocycles. The van der Waals surface area contributed by atoms with Crippen LogP contribution in [0.15, 0.2) is 17.3 Å². The second-order valence-corrected chi connectivity index (χ2v) is 4.25. The van der Waals surface area contributed by atoms with Crippen molar-refractivity contribution in [2.24, 2.45) is 5.14 Å². The summed E-state index contributed by atoms with van der Waals surface area (Å²) in [5, 5.41) is 13.2. The van der Waals surface area contributed by atoms with E-state index in [0.29, 0.717) is 6.20 Å². The molecular formula is C7H4F3N3O3S. The topological polar surface area (TPSA) is 106 Å². The van der Waals surface area contributed by atoms with Crippen LogP contribution in [0.25, 0.3) is 0 Å². The number of nitrogens with zero attached hydrogens (tertiary/aromatic N) is 2. The number of aromatic nitrogens is 1. The fourth-order valence-electron chi connectivity index (χ4n) is 0.933. The Kier molecular flexibility index (Phi) is 3.25. The fourth-order valence-corrected chi connectivity index (χ4v) is 1.55. The van der Waals surface area contributed by atoms with Crippen LogP contribution < -0.4 is 9.88 Å². The van der Waals surface area contributed by atoms with Crippen LogP contribution in [-0.2, 0) is 10.0 Å². The molecule has 0 fully saturated rings. The first-order valence-corrected chi connectivity index (χ1v) is 5.36. The molecule has 10 heteroatoms. The average Bonchev–Trinajstić information content (AvgIpc) is 2.13. The highest BCUT2D eigenvalue weighted by Crippen LogP contribution is 2.31. The molecule has 0 radical (unpaired) electrons. The summed E-state index contributed by atoms with van der Waals surface area (Å²) in [4.78, 5) is 2.28. The lowest BCUT2D eigenvalue weighted by Gasteiger charge is -2.12. The van der Waals surface area contributed by atoms with Crippen LogP contribution in [0, 0.1) is 11.3 Å². The van der Waals surface area contributed by atoms with Gasteiger partial charge in [-0.25, -0.2) is 13.6 Å². The van der Waals surface area contributed by atoms with Crippen molar-refractivity contribution in [3.05, 3.63) is 18.0 Å². The maximum atomic E-state index is 12.0. The third-order valence-corrected chi connectivity index (χ3v) is 2.41. The van der Waals surface area contributed by atoms with E-state index in [4.69, 9.17) is 5.26 Å². The van der Waals surface area contributed by atoms with Gasteiger partial charge in [0.15, 0.2) is 5.75 Å². The zero-order valence-corrected chi connectivity index (χ0v) is 8.71. The summed E-state index contributed by atoms with van der Waals surface area (Å²) in [6, 6.07) is 1.32. The smallest absolute Gasteiger partial charge is 0.403 e. The number of nitrogens with two attached hydrogens (primary N) is 1. The molecule has 0 aliphatic carbocycles. The molecule has 92 valence electrons. The summed E-state index contributed by atoms with van der Waals surface area (Å²) in [6.45, 7) is 0. The Morgan fingerprint density at radius 3 is 2.41 bits per heavy atom. The molecule has 6 nitrogen and oxygen atoms in total. The number of halogens is 3. The molecule has 17 heavy (non-hydrogen) atoms. The van der Waals surface area contributed by atoms with Crippen LogP contribution in [0.3, 0.4) is 0 Å². The molecule has 0 amide bonds. The van der Waals surface area contributed by atoms with Crippen molar-refractivity contribution in [1.82, 2.24) is 4.98 Å². The van der Waals surface area contributed by atoms with Crippen LogP contribution in [-0.4, -0.2) is 19.8 Å². The van der Waals surface area contributed by atoms with Gasteiger partial charge < -0.3 is 4.74 Å². The number of primary sulfonamides is 1. The molecule has 1 rings (SSSR count). The van der Waals surface area contributed by atoms with Gasteiger partial charge in [-0.2, -0.15) is 5.26 Å². The molecule has 0 saturated heterocycles. The maximum absolute atomic E-state index is 12.0. The number of alkyl halides is 3. The minimum absolute atomic E-state index is 0.567. The van der Waals surface area contributed by atoms with Crippen LogP contribution in [0.5, 0.6) is 5.75 Å². The van der Waals surface area contributed by atoms with Gasteiger partial charge in [0, 0.05) is 6.20 Å². The lowest BCUT2D eigenvalue weighted by Crippen LogP contribution is -2.22. The minimum Gasteiger partial charge on any atom is -0.403 e. The van der Waals surface area contributed by atoms with Crippen LogP contribution in [0.4, 0.5) is 13.2 Å². The molecule has 0 aromatic carbocycles. The van der Waals surface area contributed by atoms with Crippen molar-refractivity contribution in [3.63, 3.8) is 0 Å². The number of rotatable bonds is 2. The molecule has 0 unspecified atom stereocenters. The number of hydrogen-bond acceptors (Lipinski definition) is 5. The van der Waals surface area contributed by atoms with Gasteiger partial charge >= 0.3 is 6.36 Å². The van der Waals surface area contributed by atoms with Gasteiger partial charge in [-0.05, 0) is 0 Å². The minimum atomic E-state index is -5.15. The van der Waals surface area contributed by atoms with E-state index in [1.165, 1.54) is 6.07 Å². The molecule has 0 bridgehead atoms. The molecular weight excluding hydrogens is 263 g/mol. The zero-order valence-electron chi connectivity index (χ0n) is 7.89. The zero-order chi connectivity index (χ0) is 13.3. The van der Waals surface area contributed by atoms with Gasteiger partial charge in [0.05, 0.1) is 6.20 Å². The fraction of sp³-hybridized carbons (Fsp3) is 0.143. The van der Waals surface area contributed by atoms with E-state index in [9.17, 15) is 21.6 Å². The normalized spacial score (nSPS) is 11.9. The Labute approximate surface area is 93.5 Å². The number of nitriles is 1. The molecule has 0 atom stereocenters. The summed E-state index contributed by atoms with van der Waals surface area (Å²) >= 11 is 0. The van der Waals surface area contributed by atoms with E-state index in [-0.39, 0.29) is 0 Å². The molecule has 0 saturated carbocycles. The summed E-state index contributed by atoms with van der Waals surface area (Å²) < 4.78 is 61.6. The first-order valence-electron chi connectivity index (χ1n) is 3.82. The number of hydrogen-bond donors (Lipinski definition) is 1. The average molecular weight is 267 g/mol. The summed E-state index contributed by atoms with van der Waals surface area (Å²) in [6.07, 6.45) is -3.85. The predicted molar refractivity (Wildman–Crippen MR) is 47.0 cm³/mol. The van der Waals surface area contributed by atoms with Crippen molar-refractivity contribution in [2.75, 3.05) is 0 Å². The number of pyridine rings is 1. The molecule has 1 aromatic rings. The standard InChI is InChI=1S/C7H4F3N3O3S/c8-7(9,10)16-6-4(1-11)2-13-3-5(6)17(12,14)15/h2-3H,(H2,12,14,15). The molecule has 2 N–H and O–H groups in total. The van der Waals surface area contributed by atoms with Gasteiger partial charge in [0.25, 0.3) is 0 Å². The summed E-state index contributed by atoms with van der Waals surface area (Å²) in [5.41, 5.74) is -0.686. The molecule has 0 aliphatic rings. The van der Waals surface area contributed by atoms with Gasteiger partial charge in [-0.15, -0.1) is 13.2 Å². The van der Waals surface area contributed by atoms with Crippen LogP contribution in [0.2, 0.25) is 0 Å². The highest BCUT2D eigenvalue weighted by molar-refractivity contribution is 7.89. The maximum Gasteiger partial charge on any atom is 0.573 e. The monoisotopic (exact) mass is 267 g/mol. The van der Waals surface area contributed by atoms with Gasteiger partial charge in [0.2, 0.25) is 10.0 Å². The Morgan fingerprint density at radius 1 is 1.41 bits per heavy atom. The molecule has 0 spiro atoms. The summed E-state index contributed by atoms with van der Waals surface area (Å²) in [5.74, 6) is -1.18. The third-order valence-electron chi connectivity index (χ3n) is 1.51. The van der Waals surface area contributed by atoms with E-state index in [2.05, 4.69) is 14.9 Å². The van der Waals surface area contributed by atoms with Crippen molar-refractivity contribution < 1.29 is 26.3 Å². The lowest BCUT2D eigenvalue weighted by atomic mass is 10.3. The van der Waals surface area contributed by atoms with Crippen molar-refractivity contribution in [2.45, 2.75) is 11.3 Å². The molecule has 1 heterocycles. The second-order valence-electron chi connectivity index (χ2n) is 2.72. The van der Waals surface area contributed by atoms with Crippen LogP contribution in [0.1, 0.15) is 5.56 Å². The van der Waals surface area contributed by atoms with E-state index < -0.39 is 32.6 Å². The Morgan fingerprint density at radius 2 is 2.00 bits per heavy atom. The first kappa shape index (κ1) is 13.2. The Bertz CT molecular complexity index is 576. The van der Waals surface area contributed by atoms with Crippen molar-refractivity contribution in [1.29, 1.82) is 5.26 Å². The van der Waals surface area contributed by atoms with Crippen LogP contribution >= 0.6 is 0 Å². The quantitative estimate of drug-likeness (QED) is 0.839. The highest BCUT2D eigenvalue weighted by Gasteiger charge is 2.35. The second kappa shape index (κ2) is 4.19. The highest BCUT2D eigenvalue weighted by atomic mass is 32.2. The number of ether oxygens (including phenoxy) is 1. The first-order chi connectivity index (χ1) is 7.65. The van der Waals surface area contributed by atoms with Gasteiger partial charge in [-0.1, -0.05) is 0 Å². The van der Waals surface area contributed by atoms with E-state index in [1.54, 1.807) is 0 Å². The Hall–Kier alpha value is -1.86. The third kappa shape index (κ3) is 3.30. The van der Waals surface area contributed by atoms with E-state index in [0.717, 1.165) is 6.20 Å². The SMILES string of the molecule is N#Cc1cncc(S(N)(=O)=O)c1OC(F)(F)F. The van der Waals surface area contributed by atoms with E-state index in [1.807, 2.05) is 0 Å². The largest absolute Gasteiger partial charge is 0.573 e. The number of sulfonamides is 1. The van der Waals surface area contributed by atoms with Crippen molar-refractivity contribution in [3.8, 4) is 11.8 Å². The molecule has 0 aliphatic heterocycles. The lowest BCUT2D eigenvalue weighted by molar-refractivity contribution is -0.275. The Balaban J connectivity index is 3.49. The van der Waals surface area contributed by atoms with E-state index >= 15 is 0 Å². The predicted octanol–water partition coefficient (Wildman–Crippen LogP) is 0.499.